The first-order valence-electron chi connectivity index (χ1n) is 4.62. The quantitative estimate of drug-likeness (QED) is 0.808. The van der Waals surface area contributed by atoms with Crippen molar-refractivity contribution < 1.29 is 13.2 Å². The smallest absolute Gasteiger partial charge is 0.213 e. The van der Waals surface area contributed by atoms with Gasteiger partial charge in [-0.2, -0.15) is 8.76 Å². The number of pyridine rings is 1. The second-order valence-corrected chi connectivity index (χ2v) is 4.97. The number of rotatable bonds is 3. The maximum Gasteiger partial charge on any atom is 0.250 e. The van der Waals surface area contributed by atoms with E-state index in [0.717, 1.165) is 23.3 Å². The van der Waals surface area contributed by atoms with Crippen molar-refractivity contribution in [3.63, 3.8) is 0 Å². The van der Waals surface area contributed by atoms with Crippen LogP contribution in [0.15, 0.2) is 15.4 Å². The monoisotopic (exact) mass is 277 g/mol. The first kappa shape index (κ1) is 12.3. The normalized spacial score (nSPS) is 10.8. The van der Waals surface area contributed by atoms with Crippen molar-refractivity contribution >= 4 is 23.3 Å². The Hall–Kier alpha value is -1.15. The van der Waals surface area contributed by atoms with Gasteiger partial charge in [0.25, 0.3) is 0 Å². The zero-order valence-electron chi connectivity index (χ0n) is 8.58. The molecule has 0 spiro atoms. The van der Waals surface area contributed by atoms with E-state index < -0.39 is 17.6 Å². The third-order valence-electron chi connectivity index (χ3n) is 1.80. The van der Waals surface area contributed by atoms with Crippen LogP contribution in [0.1, 0.15) is 12.7 Å². The summed E-state index contributed by atoms with van der Waals surface area (Å²) in [5.74, 6) is -2.92. The van der Waals surface area contributed by atoms with E-state index in [4.69, 9.17) is 0 Å². The number of aryl methyl sites for hydroxylation is 1. The Bertz CT molecular complexity index is 544. The van der Waals surface area contributed by atoms with E-state index in [2.05, 4.69) is 14.3 Å². The number of nitrogens with zero attached hydrogens (tertiary/aromatic N) is 3. The van der Waals surface area contributed by atoms with Crippen LogP contribution in [-0.4, -0.2) is 14.3 Å². The molecule has 0 N–H and O–H groups in total. The Morgan fingerprint density at radius 3 is 2.65 bits per heavy atom. The second kappa shape index (κ2) is 5.01. The average molecular weight is 277 g/mol. The highest BCUT2D eigenvalue weighted by molar-refractivity contribution is 8.00. The van der Waals surface area contributed by atoms with E-state index in [-0.39, 0.29) is 5.03 Å². The summed E-state index contributed by atoms with van der Waals surface area (Å²) in [6.07, 6.45) is 0.657. The first-order valence-corrected chi connectivity index (χ1v) is 6.21. The summed E-state index contributed by atoms with van der Waals surface area (Å²) in [5.41, 5.74) is 0. The predicted molar refractivity (Wildman–Crippen MR) is 57.5 cm³/mol. The van der Waals surface area contributed by atoms with E-state index >= 15 is 0 Å². The summed E-state index contributed by atoms with van der Waals surface area (Å²) in [7, 11) is 0. The molecule has 0 amide bonds. The molecule has 17 heavy (non-hydrogen) atoms. The summed E-state index contributed by atoms with van der Waals surface area (Å²) in [6, 6.07) is 0.465. The molecule has 3 nitrogen and oxygen atoms in total. The molecule has 2 aromatic heterocycles. The van der Waals surface area contributed by atoms with Gasteiger partial charge in [0.1, 0.15) is 10.9 Å². The standard InChI is InChI=1S/C9H6F3N3S2/c1-2-6-13-9(17-15-6)16-8-5(11)3-4(10)7(12)14-8/h3H,2H2,1H3. The number of hydrogen-bond acceptors (Lipinski definition) is 5. The molecule has 8 heteroatoms. The van der Waals surface area contributed by atoms with Gasteiger partial charge in [-0.1, -0.05) is 6.92 Å². The van der Waals surface area contributed by atoms with Crippen molar-refractivity contribution in [1.29, 1.82) is 0 Å². The summed E-state index contributed by atoms with van der Waals surface area (Å²) in [4.78, 5) is 7.25. The molecule has 90 valence electrons. The Balaban J connectivity index is 2.26. The summed E-state index contributed by atoms with van der Waals surface area (Å²) in [6.45, 7) is 1.88. The fourth-order valence-electron chi connectivity index (χ4n) is 1.01. The van der Waals surface area contributed by atoms with Crippen LogP contribution >= 0.6 is 23.3 Å². The van der Waals surface area contributed by atoms with Crippen LogP contribution in [0.2, 0.25) is 0 Å². The maximum atomic E-state index is 13.3. The lowest BCUT2D eigenvalue weighted by Gasteiger charge is -1.99. The Morgan fingerprint density at radius 2 is 2.00 bits per heavy atom. The van der Waals surface area contributed by atoms with Crippen molar-refractivity contribution in [2.45, 2.75) is 22.7 Å². The van der Waals surface area contributed by atoms with Crippen LogP contribution in [0.25, 0.3) is 0 Å². The number of aromatic nitrogens is 3. The zero-order chi connectivity index (χ0) is 12.4. The maximum absolute atomic E-state index is 13.3. The van der Waals surface area contributed by atoms with Crippen LogP contribution in [0.5, 0.6) is 0 Å². The van der Waals surface area contributed by atoms with Crippen molar-refractivity contribution in [1.82, 2.24) is 14.3 Å². The third kappa shape index (κ3) is 2.75. The van der Waals surface area contributed by atoms with Gasteiger partial charge in [0.15, 0.2) is 16.0 Å². The molecule has 0 atom stereocenters. The molecule has 0 aliphatic carbocycles. The topological polar surface area (TPSA) is 38.7 Å². The summed E-state index contributed by atoms with van der Waals surface area (Å²) < 4.78 is 43.2. The molecule has 0 bridgehead atoms. The van der Waals surface area contributed by atoms with Gasteiger partial charge in [0.05, 0.1) is 0 Å². The van der Waals surface area contributed by atoms with Gasteiger partial charge in [0, 0.05) is 12.5 Å². The van der Waals surface area contributed by atoms with Crippen LogP contribution in [0.3, 0.4) is 0 Å². The van der Waals surface area contributed by atoms with Crippen molar-refractivity contribution in [3.8, 4) is 0 Å². The molecule has 0 aliphatic heterocycles. The van der Waals surface area contributed by atoms with Crippen LogP contribution in [0.4, 0.5) is 13.2 Å². The first-order chi connectivity index (χ1) is 8.10. The molecule has 0 radical (unpaired) electrons. The highest BCUT2D eigenvalue weighted by atomic mass is 32.2. The van der Waals surface area contributed by atoms with Gasteiger partial charge < -0.3 is 0 Å². The fourth-order valence-corrected chi connectivity index (χ4v) is 2.60. The highest BCUT2D eigenvalue weighted by Gasteiger charge is 2.14. The molecule has 0 saturated carbocycles. The van der Waals surface area contributed by atoms with Crippen molar-refractivity contribution in [2.24, 2.45) is 0 Å². The van der Waals surface area contributed by atoms with E-state index in [0.29, 0.717) is 22.7 Å². The van der Waals surface area contributed by atoms with Crippen molar-refractivity contribution in [2.75, 3.05) is 0 Å². The molecule has 2 aromatic rings. The Kier molecular flexibility index (Phi) is 3.63. The van der Waals surface area contributed by atoms with Gasteiger partial charge >= 0.3 is 0 Å². The van der Waals surface area contributed by atoms with Crippen LogP contribution in [-0.2, 0) is 6.42 Å². The lowest BCUT2D eigenvalue weighted by atomic mass is 10.4. The van der Waals surface area contributed by atoms with E-state index in [1.165, 1.54) is 0 Å². The second-order valence-electron chi connectivity index (χ2n) is 2.98. The highest BCUT2D eigenvalue weighted by Crippen LogP contribution is 2.30. The molecule has 0 aromatic carbocycles. The Morgan fingerprint density at radius 1 is 1.24 bits per heavy atom. The summed E-state index contributed by atoms with van der Waals surface area (Å²) >= 11 is 1.89. The van der Waals surface area contributed by atoms with Gasteiger partial charge in [-0.25, -0.2) is 18.7 Å². The zero-order valence-corrected chi connectivity index (χ0v) is 10.2. The minimum Gasteiger partial charge on any atom is -0.213 e. The largest absolute Gasteiger partial charge is 0.250 e. The lowest BCUT2D eigenvalue weighted by molar-refractivity contribution is 0.448. The predicted octanol–water partition coefficient (Wildman–Crippen LogP) is 3.06. The lowest BCUT2D eigenvalue weighted by Crippen LogP contribution is -1.95. The molecule has 0 saturated heterocycles. The van der Waals surface area contributed by atoms with Gasteiger partial charge in [-0.15, -0.1) is 0 Å². The number of hydrogen-bond donors (Lipinski definition) is 0. The number of halogens is 3. The van der Waals surface area contributed by atoms with Crippen LogP contribution in [0, 0.1) is 17.6 Å². The molecule has 2 rings (SSSR count). The third-order valence-corrected chi connectivity index (χ3v) is 3.57. The molecule has 2 heterocycles. The van der Waals surface area contributed by atoms with Crippen molar-refractivity contribution in [3.05, 3.63) is 29.5 Å². The molecule has 0 aliphatic rings. The minimum absolute atomic E-state index is 0.247. The average Bonchev–Trinajstić information content (AvgIpc) is 2.73. The van der Waals surface area contributed by atoms with E-state index in [9.17, 15) is 13.2 Å². The Labute approximate surface area is 103 Å². The van der Waals surface area contributed by atoms with Crippen LogP contribution < -0.4 is 0 Å². The van der Waals surface area contributed by atoms with E-state index in [1.54, 1.807) is 0 Å². The van der Waals surface area contributed by atoms with Gasteiger partial charge in [-0.05, 0) is 23.3 Å². The van der Waals surface area contributed by atoms with Gasteiger partial charge in [-0.3, -0.25) is 0 Å². The molecule has 0 fully saturated rings. The molecular weight excluding hydrogens is 271 g/mol. The van der Waals surface area contributed by atoms with E-state index in [1.807, 2.05) is 6.92 Å². The SMILES string of the molecule is CCc1nsc(Sc2nc(F)c(F)cc2F)n1. The summed E-state index contributed by atoms with van der Waals surface area (Å²) in [5, 5.41) is -0.247. The fraction of sp³-hybridized carbons (Fsp3) is 0.222. The minimum atomic E-state index is -1.32. The molecular formula is C9H6F3N3S2. The van der Waals surface area contributed by atoms with Gasteiger partial charge in [0.2, 0.25) is 5.95 Å². The molecule has 0 unspecified atom stereocenters.